The van der Waals surface area contributed by atoms with Gasteiger partial charge in [-0.3, -0.25) is 0 Å². The first-order chi connectivity index (χ1) is 12.0. The van der Waals surface area contributed by atoms with Gasteiger partial charge in [0.2, 0.25) is 0 Å². The molecule has 1 atom stereocenters. The van der Waals surface area contributed by atoms with Crippen LogP contribution in [0.4, 0.5) is 4.79 Å². The van der Waals surface area contributed by atoms with E-state index in [1.807, 2.05) is 38.1 Å². The number of ether oxygens (including phenoxy) is 2. The Morgan fingerprint density at radius 3 is 2.76 bits per heavy atom. The van der Waals surface area contributed by atoms with Crippen LogP contribution in [-0.2, 0) is 6.54 Å². The second-order valence-electron chi connectivity index (χ2n) is 6.21. The number of hydrogen-bond donors (Lipinski definition) is 1. The molecule has 0 saturated carbocycles. The zero-order valence-corrected chi connectivity index (χ0v) is 14.7. The first-order valence-electron chi connectivity index (χ1n) is 8.36. The molecule has 1 aromatic carbocycles. The monoisotopic (exact) mass is 345 g/mol. The number of rotatable bonds is 4. The van der Waals surface area contributed by atoms with Crippen LogP contribution in [0.1, 0.15) is 36.4 Å². The number of carbonyl (C=O) groups excluding carboxylic acids is 1. The van der Waals surface area contributed by atoms with Crippen molar-refractivity contribution in [2.24, 2.45) is 0 Å². The molecule has 1 aliphatic heterocycles. The normalized spacial score (nSPS) is 14.5. The van der Waals surface area contributed by atoms with Crippen LogP contribution in [0, 0.1) is 6.92 Å². The van der Waals surface area contributed by atoms with Gasteiger partial charge < -0.3 is 24.2 Å². The summed E-state index contributed by atoms with van der Waals surface area (Å²) in [6.07, 6.45) is 0.864. The molecule has 2 heterocycles. The highest BCUT2D eigenvalue weighted by Gasteiger charge is 2.17. The molecule has 0 unspecified atom stereocenters. The van der Waals surface area contributed by atoms with Crippen LogP contribution in [0.25, 0.3) is 0 Å². The molecular weight excluding hydrogens is 322 g/mol. The minimum atomic E-state index is -0.180. The first kappa shape index (κ1) is 17.1. The lowest BCUT2D eigenvalue weighted by Crippen LogP contribution is -2.38. The molecule has 0 bridgehead atoms. The highest BCUT2D eigenvalue weighted by molar-refractivity contribution is 5.74. The van der Waals surface area contributed by atoms with E-state index in [2.05, 4.69) is 10.5 Å². The molecule has 7 nitrogen and oxygen atoms in total. The molecule has 3 rings (SSSR count). The number of aromatic nitrogens is 1. The number of nitrogens with one attached hydrogen (secondary N) is 1. The van der Waals surface area contributed by atoms with Crippen LogP contribution in [-0.4, -0.2) is 36.3 Å². The number of aryl methyl sites for hydroxylation is 1. The second-order valence-corrected chi connectivity index (χ2v) is 6.21. The van der Waals surface area contributed by atoms with Gasteiger partial charge in [0.25, 0.3) is 0 Å². The summed E-state index contributed by atoms with van der Waals surface area (Å²) in [7, 11) is 1.72. The zero-order valence-electron chi connectivity index (χ0n) is 14.7. The molecule has 2 amide bonds. The molecule has 134 valence electrons. The van der Waals surface area contributed by atoms with E-state index in [1.165, 1.54) is 0 Å². The lowest BCUT2D eigenvalue weighted by Gasteiger charge is -2.21. The third-order valence-electron chi connectivity index (χ3n) is 4.03. The number of amides is 2. The van der Waals surface area contributed by atoms with E-state index < -0.39 is 0 Å². The molecule has 0 aliphatic carbocycles. The third-order valence-corrected chi connectivity index (χ3v) is 4.03. The summed E-state index contributed by atoms with van der Waals surface area (Å²) in [4.78, 5) is 13.9. The topological polar surface area (TPSA) is 76.8 Å². The molecule has 0 fully saturated rings. The van der Waals surface area contributed by atoms with E-state index >= 15 is 0 Å². The molecule has 1 N–H and O–H groups in total. The van der Waals surface area contributed by atoms with Crippen molar-refractivity contribution in [3.05, 3.63) is 41.3 Å². The Morgan fingerprint density at radius 2 is 2.04 bits per heavy atom. The average molecular weight is 345 g/mol. The van der Waals surface area contributed by atoms with Crippen LogP contribution >= 0.6 is 0 Å². The summed E-state index contributed by atoms with van der Waals surface area (Å²) < 4.78 is 16.4. The highest BCUT2D eigenvalue weighted by Crippen LogP contribution is 2.32. The standard InChI is InChI=1S/C18H23N3O4/c1-12-9-15(20-25-12)11-21(3)18(22)19-13(2)14-5-6-16-17(10-14)24-8-4-7-23-16/h5-6,9-10,13H,4,7-8,11H2,1-3H3,(H,19,22)/t13-/m0/s1. The summed E-state index contributed by atoms with van der Waals surface area (Å²) in [5, 5.41) is 6.88. The predicted octanol–water partition coefficient (Wildman–Crippen LogP) is 3.05. The number of carbonyl (C=O) groups is 1. The third kappa shape index (κ3) is 4.23. The van der Waals surface area contributed by atoms with Gasteiger partial charge in [0.1, 0.15) is 11.5 Å². The van der Waals surface area contributed by atoms with Crippen LogP contribution < -0.4 is 14.8 Å². The first-order valence-corrected chi connectivity index (χ1v) is 8.36. The molecule has 0 spiro atoms. The van der Waals surface area contributed by atoms with Crippen molar-refractivity contribution in [2.75, 3.05) is 20.3 Å². The lowest BCUT2D eigenvalue weighted by molar-refractivity contribution is 0.202. The minimum Gasteiger partial charge on any atom is -0.490 e. The van der Waals surface area contributed by atoms with Crippen molar-refractivity contribution in [2.45, 2.75) is 32.9 Å². The number of urea groups is 1. The Bertz CT molecular complexity index is 744. The van der Waals surface area contributed by atoms with Gasteiger partial charge in [-0.15, -0.1) is 0 Å². The van der Waals surface area contributed by atoms with Gasteiger partial charge in [0, 0.05) is 19.5 Å². The largest absolute Gasteiger partial charge is 0.490 e. The van der Waals surface area contributed by atoms with Gasteiger partial charge in [-0.05, 0) is 31.5 Å². The quantitative estimate of drug-likeness (QED) is 0.921. The number of hydrogen-bond acceptors (Lipinski definition) is 5. The summed E-state index contributed by atoms with van der Waals surface area (Å²) in [5.74, 6) is 2.20. The predicted molar refractivity (Wildman–Crippen MR) is 91.7 cm³/mol. The molecule has 2 aromatic rings. The summed E-state index contributed by atoms with van der Waals surface area (Å²) in [6, 6.07) is 7.23. The van der Waals surface area contributed by atoms with E-state index in [-0.39, 0.29) is 12.1 Å². The summed E-state index contributed by atoms with van der Waals surface area (Å²) in [6.45, 7) is 5.44. The molecule has 1 aromatic heterocycles. The van der Waals surface area contributed by atoms with E-state index in [0.717, 1.165) is 34.9 Å². The smallest absolute Gasteiger partial charge is 0.317 e. The van der Waals surface area contributed by atoms with Crippen molar-refractivity contribution >= 4 is 6.03 Å². The van der Waals surface area contributed by atoms with Crippen LogP contribution in [0.2, 0.25) is 0 Å². The van der Waals surface area contributed by atoms with Gasteiger partial charge in [0.15, 0.2) is 11.5 Å². The number of benzene rings is 1. The van der Waals surface area contributed by atoms with E-state index in [4.69, 9.17) is 14.0 Å². The number of fused-ring (bicyclic) bond motifs is 1. The van der Waals surface area contributed by atoms with E-state index in [0.29, 0.717) is 19.8 Å². The fourth-order valence-corrected chi connectivity index (χ4v) is 2.64. The zero-order chi connectivity index (χ0) is 17.8. The van der Waals surface area contributed by atoms with Gasteiger partial charge >= 0.3 is 6.03 Å². The van der Waals surface area contributed by atoms with Crippen molar-refractivity contribution < 1.29 is 18.8 Å². The van der Waals surface area contributed by atoms with Gasteiger partial charge in [-0.1, -0.05) is 11.2 Å². The maximum absolute atomic E-state index is 12.4. The number of nitrogens with zero attached hydrogens (tertiary/aromatic N) is 2. The molecular formula is C18H23N3O4. The fourth-order valence-electron chi connectivity index (χ4n) is 2.64. The summed E-state index contributed by atoms with van der Waals surface area (Å²) >= 11 is 0. The Hall–Kier alpha value is -2.70. The molecule has 1 aliphatic rings. The van der Waals surface area contributed by atoms with Gasteiger partial charge in [-0.25, -0.2) is 4.79 Å². The molecule has 25 heavy (non-hydrogen) atoms. The Morgan fingerprint density at radius 1 is 1.28 bits per heavy atom. The SMILES string of the molecule is Cc1cc(CN(C)C(=O)N[C@@H](C)c2ccc3c(c2)OCCCO3)no1. The van der Waals surface area contributed by atoms with Crippen molar-refractivity contribution in [3.8, 4) is 11.5 Å². The van der Waals surface area contributed by atoms with Crippen molar-refractivity contribution in [1.82, 2.24) is 15.4 Å². The molecule has 7 heteroatoms. The molecule has 0 saturated heterocycles. The Labute approximate surface area is 146 Å². The van der Waals surface area contributed by atoms with Gasteiger partial charge in [-0.2, -0.15) is 0 Å². The average Bonchev–Trinajstić information content (AvgIpc) is 2.86. The fraction of sp³-hybridized carbons (Fsp3) is 0.444. The van der Waals surface area contributed by atoms with E-state index in [1.54, 1.807) is 11.9 Å². The van der Waals surface area contributed by atoms with Crippen LogP contribution in [0.5, 0.6) is 11.5 Å². The van der Waals surface area contributed by atoms with Crippen molar-refractivity contribution in [3.63, 3.8) is 0 Å². The Kier molecular flexibility index (Phi) is 5.11. The second kappa shape index (κ2) is 7.46. The maximum Gasteiger partial charge on any atom is 0.317 e. The van der Waals surface area contributed by atoms with E-state index in [9.17, 15) is 4.79 Å². The Balaban J connectivity index is 1.62. The van der Waals surface area contributed by atoms with Crippen molar-refractivity contribution in [1.29, 1.82) is 0 Å². The summed E-state index contributed by atoms with van der Waals surface area (Å²) in [5.41, 5.74) is 1.68. The maximum atomic E-state index is 12.4. The lowest BCUT2D eigenvalue weighted by atomic mass is 10.1. The highest BCUT2D eigenvalue weighted by atomic mass is 16.5. The van der Waals surface area contributed by atoms with Crippen LogP contribution in [0.15, 0.2) is 28.8 Å². The van der Waals surface area contributed by atoms with Crippen LogP contribution in [0.3, 0.4) is 0 Å². The molecule has 0 radical (unpaired) electrons. The minimum absolute atomic E-state index is 0.161. The van der Waals surface area contributed by atoms with Gasteiger partial charge in [0.05, 0.1) is 25.8 Å².